The Bertz CT molecular complexity index is 803. The molecular weight excluding hydrogens is 394 g/mol. The third-order valence-electron chi connectivity index (χ3n) is 5.61. The first kappa shape index (κ1) is 20.9. The van der Waals surface area contributed by atoms with Gasteiger partial charge in [-0.25, -0.2) is 9.97 Å². The zero-order chi connectivity index (χ0) is 20.7. The number of hydrogen-bond acceptors (Lipinski definition) is 6. The van der Waals surface area contributed by atoms with Gasteiger partial charge in [0.2, 0.25) is 5.95 Å². The standard InChI is InChI=1S/C22H31N7S/c1-23-20(27-18-22(8-9-22)30-19-6-3-2-4-7-19)24-12-13-28-14-16-29(17-15-28)21-25-10-5-11-26-21/h2-7,10-11H,8-9,12-18H2,1H3,(H2,23,24,27). The second kappa shape index (κ2) is 10.1. The van der Waals surface area contributed by atoms with Crippen molar-refractivity contribution in [2.24, 2.45) is 4.99 Å². The Kier molecular flexibility index (Phi) is 7.07. The molecule has 1 saturated carbocycles. The molecule has 0 amide bonds. The third kappa shape index (κ3) is 5.86. The molecule has 2 heterocycles. The quantitative estimate of drug-likeness (QED) is 0.496. The molecule has 0 unspecified atom stereocenters. The van der Waals surface area contributed by atoms with Crippen LogP contribution >= 0.6 is 11.8 Å². The number of aromatic nitrogens is 2. The van der Waals surface area contributed by atoms with Gasteiger partial charge in [0.15, 0.2) is 5.96 Å². The molecule has 1 aromatic heterocycles. The Balaban J connectivity index is 1.14. The molecule has 2 fully saturated rings. The zero-order valence-corrected chi connectivity index (χ0v) is 18.4. The van der Waals surface area contributed by atoms with Crippen molar-refractivity contribution in [2.45, 2.75) is 22.5 Å². The van der Waals surface area contributed by atoms with Crippen molar-refractivity contribution in [3.8, 4) is 0 Å². The van der Waals surface area contributed by atoms with Crippen LogP contribution in [0.25, 0.3) is 0 Å². The Hall–Kier alpha value is -2.32. The number of thioether (sulfide) groups is 1. The Morgan fingerprint density at radius 2 is 1.77 bits per heavy atom. The number of nitrogens with one attached hydrogen (secondary N) is 2. The lowest BCUT2D eigenvalue weighted by Crippen LogP contribution is -2.50. The number of nitrogens with zero attached hydrogens (tertiary/aromatic N) is 5. The molecular formula is C22H31N7S. The topological polar surface area (TPSA) is 68.7 Å². The van der Waals surface area contributed by atoms with Gasteiger partial charge < -0.3 is 15.5 Å². The first-order chi connectivity index (χ1) is 14.8. The number of guanidine groups is 1. The van der Waals surface area contributed by atoms with Crippen molar-refractivity contribution in [1.82, 2.24) is 25.5 Å². The second-order valence-corrected chi connectivity index (χ2v) is 9.37. The number of piperazine rings is 1. The fourth-order valence-corrected chi connectivity index (χ4v) is 4.86. The molecule has 0 atom stereocenters. The largest absolute Gasteiger partial charge is 0.355 e. The molecule has 30 heavy (non-hydrogen) atoms. The third-order valence-corrected chi connectivity index (χ3v) is 7.11. The van der Waals surface area contributed by atoms with Crippen LogP contribution in [0.2, 0.25) is 0 Å². The summed E-state index contributed by atoms with van der Waals surface area (Å²) >= 11 is 1.99. The summed E-state index contributed by atoms with van der Waals surface area (Å²) in [5.74, 6) is 1.73. The van der Waals surface area contributed by atoms with E-state index in [9.17, 15) is 0 Å². The highest BCUT2D eigenvalue weighted by Gasteiger charge is 2.43. The smallest absolute Gasteiger partial charge is 0.225 e. The number of rotatable bonds is 8. The van der Waals surface area contributed by atoms with Crippen molar-refractivity contribution in [1.29, 1.82) is 0 Å². The predicted molar refractivity (Wildman–Crippen MR) is 124 cm³/mol. The molecule has 1 aliphatic carbocycles. The van der Waals surface area contributed by atoms with Gasteiger partial charge in [0.1, 0.15) is 0 Å². The normalized spacial score (nSPS) is 18.8. The Morgan fingerprint density at radius 3 is 2.43 bits per heavy atom. The van der Waals surface area contributed by atoms with E-state index in [-0.39, 0.29) is 0 Å². The average molecular weight is 426 g/mol. The van der Waals surface area contributed by atoms with Gasteiger partial charge in [-0.1, -0.05) is 18.2 Å². The lowest BCUT2D eigenvalue weighted by atomic mass is 10.3. The summed E-state index contributed by atoms with van der Waals surface area (Å²) in [4.78, 5) is 19.2. The van der Waals surface area contributed by atoms with Crippen molar-refractivity contribution in [3.63, 3.8) is 0 Å². The fraction of sp³-hybridized carbons (Fsp3) is 0.500. The first-order valence-electron chi connectivity index (χ1n) is 10.7. The van der Waals surface area contributed by atoms with Gasteiger partial charge in [-0.3, -0.25) is 9.89 Å². The van der Waals surface area contributed by atoms with Crippen LogP contribution in [0, 0.1) is 0 Å². The van der Waals surface area contributed by atoms with Gasteiger partial charge >= 0.3 is 0 Å². The molecule has 4 rings (SSSR count). The van der Waals surface area contributed by atoms with E-state index in [2.05, 4.69) is 65.7 Å². The van der Waals surface area contributed by atoms with Crippen LogP contribution in [0.4, 0.5) is 5.95 Å². The summed E-state index contributed by atoms with van der Waals surface area (Å²) in [6.45, 7) is 6.84. The predicted octanol–water partition coefficient (Wildman–Crippen LogP) is 2.09. The summed E-state index contributed by atoms with van der Waals surface area (Å²) in [5, 5.41) is 7.01. The van der Waals surface area contributed by atoms with E-state index >= 15 is 0 Å². The minimum Gasteiger partial charge on any atom is -0.355 e. The van der Waals surface area contributed by atoms with Gasteiger partial charge in [-0.2, -0.15) is 0 Å². The molecule has 160 valence electrons. The molecule has 1 aliphatic heterocycles. The Morgan fingerprint density at radius 1 is 1.03 bits per heavy atom. The summed E-state index contributed by atoms with van der Waals surface area (Å²) in [6, 6.07) is 12.5. The van der Waals surface area contributed by atoms with Crippen LogP contribution in [-0.4, -0.2) is 78.4 Å². The van der Waals surface area contributed by atoms with Gasteiger partial charge in [0.05, 0.1) is 0 Å². The van der Waals surface area contributed by atoms with Crippen LogP contribution in [0.3, 0.4) is 0 Å². The SMILES string of the molecule is CN=C(NCCN1CCN(c2ncccn2)CC1)NCC1(Sc2ccccc2)CC1. The number of aliphatic imine (C=N–C) groups is 1. The van der Waals surface area contributed by atoms with Crippen LogP contribution in [0.1, 0.15) is 12.8 Å². The van der Waals surface area contributed by atoms with Crippen molar-refractivity contribution >= 4 is 23.7 Å². The highest BCUT2D eigenvalue weighted by molar-refractivity contribution is 8.01. The molecule has 1 aromatic carbocycles. The van der Waals surface area contributed by atoms with Gasteiger partial charge in [-0.15, -0.1) is 11.8 Å². The molecule has 2 aromatic rings. The lowest BCUT2D eigenvalue weighted by Gasteiger charge is -2.34. The summed E-state index contributed by atoms with van der Waals surface area (Å²) in [7, 11) is 1.85. The van der Waals surface area contributed by atoms with Gasteiger partial charge in [0.25, 0.3) is 0 Å². The summed E-state index contributed by atoms with van der Waals surface area (Å²) in [5.41, 5.74) is 0. The van der Waals surface area contributed by atoms with E-state index in [4.69, 9.17) is 0 Å². The highest BCUT2D eigenvalue weighted by Crippen LogP contribution is 2.51. The molecule has 1 saturated heterocycles. The molecule has 2 N–H and O–H groups in total. The molecule has 7 nitrogen and oxygen atoms in total. The van der Waals surface area contributed by atoms with Crippen LogP contribution in [0.15, 0.2) is 58.7 Å². The molecule has 8 heteroatoms. The second-order valence-electron chi connectivity index (χ2n) is 7.83. The van der Waals surface area contributed by atoms with E-state index in [1.807, 2.05) is 24.9 Å². The maximum Gasteiger partial charge on any atom is 0.225 e. The van der Waals surface area contributed by atoms with Crippen LogP contribution < -0.4 is 15.5 Å². The summed E-state index contributed by atoms with van der Waals surface area (Å²) < 4.78 is 0.314. The minimum atomic E-state index is 0.314. The highest BCUT2D eigenvalue weighted by atomic mass is 32.2. The van der Waals surface area contributed by atoms with Crippen molar-refractivity contribution in [2.75, 3.05) is 57.8 Å². The van der Waals surface area contributed by atoms with Crippen molar-refractivity contribution in [3.05, 3.63) is 48.8 Å². The van der Waals surface area contributed by atoms with E-state index in [0.29, 0.717) is 4.75 Å². The lowest BCUT2D eigenvalue weighted by molar-refractivity contribution is 0.260. The number of anilines is 1. The molecule has 0 spiro atoms. The molecule has 0 bridgehead atoms. The molecule has 2 aliphatic rings. The summed E-state index contributed by atoms with van der Waals surface area (Å²) in [6.07, 6.45) is 6.13. The monoisotopic (exact) mass is 425 g/mol. The average Bonchev–Trinajstić information content (AvgIpc) is 3.57. The maximum absolute atomic E-state index is 4.40. The Labute approximate surface area is 183 Å². The van der Waals surface area contributed by atoms with Crippen molar-refractivity contribution < 1.29 is 0 Å². The van der Waals surface area contributed by atoms with E-state index in [1.165, 1.54) is 17.7 Å². The van der Waals surface area contributed by atoms with Crippen LogP contribution in [0.5, 0.6) is 0 Å². The van der Waals surface area contributed by atoms with E-state index in [0.717, 1.165) is 57.7 Å². The van der Waals surface area contributed by atoms with Gasteiger partial charge in [0, 0.05) is 74.9 Å². The zero-order valence-electron chi connectivity index (χ0n) is 17.6. The van der Waals surface area contributed by atoms with Crippen LogP contribution in [-0.2, 0) is 0 Å². The minimum absolute atomic E-state index is 0.314. The number of hydrogen-bond donors (Lipinski definition) is 2. The molecule has 0 radical (unpaired) electrons. The van der Waals surface area contributed by atoms with E-state index < -0.39 is 0 Å². The fourth-order valence-electron chi connectivity index (χ4n) is 3.62. The van der Waals surface area contributed by atoms with E-state index in [1.54, 1.807) is 12.4 Å². The van der Waals surface area contributed by atoms with Gasteiger partial charge in [-0.05, 0) is 31.0 Å². The maximum atomic E-state index is 4.40. The number of benzene rings is 1. The first-order valence-corrected chi connectivity index (χ1v) is 11.5.